The molecule has 0 unspecified atom stereocenters. The van der Waals surface area contributed by atoms with Gasteiger partial charge >= 0.3 is 0 Å². The molecule has 0 aliphatic carbocycles. The van der Waals surface area contributed by atoms with Crippen LogP contribution in [0, 0.1) is 0 Å². The van der Waals surface area contributed by atoms with Crippen LogP contribution in [0.2, 0.25) is 0 Å². The molecule has 0 radical (unpaired) electrons. The van der Waals surface area contributed by atoms with Crippen molar-refractivity contribution in [1.82, 2.24) is 0 Å². The summed E-state index contributed by atoms with van der Waals surface area (Å²) in [6.07, 6.45) is 1.95. The Morgan fingerprint density at radius 3 is 2.26 bits per heavy atom. The van der Waals surface area contributed by atoms with Gasteiger partial charge in [-0.2, -0.15) is 0 Å². The third-order valence-corrected chi connectivity index (χ3v) is 4.59. The van der Waals surface area contributed by atoms with Crippen LogP contribution < -0.4 is 14.7 Å². The highest BCUT2D eigenvalue weighted by atomic mass is 16.3. The van der Waals surface area contributed by atoms with Crippen molar-refractivity contribution in [2.24, 2.45) is 4.99 Å². The number of hydrogen-bond acceptors (Lipinski definition) is 2. The predicted octanol–water partition coefficient (Wildman–Crippen LogP) is -3.88. The molecule has 4 heterocycles. The number of nitrogens with one attached hydrogen (secondary N) is 3. The van der Waals surface area contributed by atoms with Crippen molar-refractivity contribution in [2.75, 3.05) is 39.6 Å². The van der Waals surface area contributed by atoms with Gasteiger partial charge in [-0.05, 0) is 17.7 Å². The third-order valence-electron chi connectivity index (χ3n) is 4.59. The monoisotopic (exact) mass is 261 g/mol. The molecule has 100 valence electrons. The average molecular weight is 261 g/mol. The van der Waals surface area contributed by atoms with Crippen LogP contribution in [-0.4, -0.2) is 56.5 Å². The van der Waals surface area contributed by atoms with Gasteiger partial charge in [-0.3, -0.25) is 4.99 Å². The Bertz CT molecular complexity index is 493. The van der Waals surface area contributed by atoms with Gasteiger partial charge in [0, 0.05) is 6.21 Å². The molecule has 0 amide bonds. The molecule has 1 aromatic carbocycles. The van der Waals surface area contributed by atoms with Crippen molar-refractivity contribution < 1.29 is 19.8 Å². The SMILES string of the molecule is Oc1cccc(C=NC23C[NH+]4C[NH+](C[NH+](C4)C2)C3)c1. The quantitative estimate of drug-likeness (QED) is 0.404. The summed E-state index contributed by atoms with van der Waals surface area (Å²) in [7, 11) is 0. The highest BCUT2D eigenvalue weighted by Gasteiger charge is 2.57. The lowest BCUT2D eigenvalue weighted by atomic mass is 9.91. The first-order chi connectivity index (χ1) is 9.21. The number of benzene rings is 1. The fourth-order valence-corrected chi connectivity index (χ4v) is 4.16. The van der Waals surface area contributed by atoms with Crippen LogP contribution in [0.1, 0.15) is 5.56 Å². The minimum absolute atomic E-state index is 0.125. The third kappa shape index (κ3) is 2.04. The van der Waals surface area contributed by atoms with E-state index in [-0.39, 0.29) is 5.54 Å². The van der Waals surface area contributed by atoms with Crippen molar-refractivity contribution in [3.63, 3.8) is 0 Å². The van der Waals surface area contributed by atoms with E-state index < -0.39 is 0 Å². The first-order valence-electron chi connectivity index (χ1n) is 7.06. The Kier molecular flexibility index (Phi) is 2.42. The van der Waals surface area contributed by atoms with Gasteiger partial charge < -0.3 is 5.11 Å². The molecule has 4 N–H and O–H groups in total. The molecule has 4 aliphatic rings. The molecule has 4 bridgehead atoms. The maximum absolute atomic E-state index is 9.50. The number of hydrogen-bond donors (Lipinski definition) is 4. The molecule has 0 aromatic heterocycles. The number of nitrogens with zero attached hydrogens (tertiary/aromatic N) is 1. The van der Waals surface area contributed by atoms with Gasteiger partial charge in [0.25, 0.3) is 0 Å². The van der Waals surface area contributed by atoms with E-state index in [1.165, 1.54) is 39.6 Å². The molecule has 0 saturated carbocycles. The standard InChI is InChI=1S/C14H18N4O/c19-13-3-1-2-12(4-13)5-15-14-6-16-9-17(7-14)11-18(8-14)10-16/h1-5,19H,6-11H2/p+3. The molecule has 4 aliphatic heterocycles. The molecule has 0 spiro atoms. The Morgan fingerprint density at radius 2 is 1.68 bits per heavy atom. The number of aromatic hydroxyl groups is 1. The van der Waals surface area contributed by atoms with E-state index in [0.29, 0.717) is 5.75 Å². The molecule has 0 atom stereocenters. The maximum Gasteiger partial charge on any atom is 0.213 e. The van der Waals surface area contributed by atoms with E-state index in [2.05, 4.69) is 0 Å². The zero-order chi connectivity index (χ0) is 12.9. The van der Waals surface area contributed by atoms with Crippen molar-refractivity contribution in [2.45, 2.75) is 5.54 Å². The Labute approximate surface area is 112 Å². The number of aliphatic imine (C=N–C) groups is 1. The predicted molar refractivity (Wildman–Crippen MR) is 70.5 cm³/mol. The first-order valence-corrected chi connectivity index (χ1v) is 7.06. The van der Waals surface area contributed by atoms with E-state index in [0.717, 1.165) is 5.56 Å². The highest BCUT2D eigenvalue weighted by molar-refractivity contribution is 5.80. The van der Waals surface area contributed by atoms with Gasteiger partial charge in [-0.15, -0.1) is 0 Å². The molecular weight excluding hydrogens is 240 g/mol. The van der Waals surface area contributed by atoms with E-state index in [1.807, 2.05) is 18.3 Å². The molecule has 4 fully saturated rings. The summed E-state index contributed by atoms with van der Waals surface area (Å²) in [5.74, 6) is 0.313. The zero-order valence-electron chi connectivity index (χ0n) is 11.0. The van der Waals surface area contributed by atoms with Crippen molar-refractivity contribution in [3.05, 3.63) is 29.8 Å². The van der Waals surface area contributed by atoms with Crippen LogP contribution in [0.4, 0.5) is 0 Å². The molecule has 5 rings (SSSR count). The minimum atomic E-state index is 0.125. The van der Waals surface area contributed by atoms with Crippen LogP contribution in [0.15, 0.2) is 29.3 Å². The molecule has 1 aromatic rings. The largest absolute Gasteiger partial charge is 0.508 e. The number of quaternary nitrogens is 3. The van der Waals surface area contributed by atoms with Crippen LogP contribution in [0.25, 0.3) is 0 Å². The van der Waals surface area contributed by atoms with Crippen LogP contribution in [0.3, 0.4) is 0 Å². The van der Waals surface area contributed by atoms with Crippen LogP contribution in [0.5, 0.6) is 5.75 Å². The van der Waals surface area contributed by atoms with Gasteiger partial charge in [0.15, 0.2) is 0 Å². The number of phenols is 1. The summed E-state index contributed by atoms with van der Waals surface area (Å²) in [5.41, 5.74) is 1.12. The van der Waals surface area contributed by atoms with E-state index >= 15 is 0 Å². The minimum Gasteiger partial charge on any atom is -0.508 e. The van der Waals surface area contributed by atoms with Crippen molar-refractivity contribution in [3.8, 4) is 5.75 Å². The zero-order valence-corrected chi connectivity index (χ0v) is 11.0. The normalized spacial score (nSPS) is 40.1. The Hall–Kier alpha value is -1.43. The summed E-state index contributed by atoms with van der Waals surface area (Å²) in [6, 6.07) is 7.34. The first kappa shape index (κ1) is 11.4. The fourth-order valence-electron chi connectivity index (χ4n) is 4.16. The molecule has 19 heavy (non-hydrogen) atoms. The molecular formula is C14H21N4O+3. The molecule has 5 nitrogen and oxygen atoms in total. The fraction of sp³-hybridized carbons (Fsp3) is 0.500. The van der Waals surface area contributed by atoms with Gasteiger partial charge in [0.1, 0.15) is 25.4 Å². The van der Waals surface area contributed by atoms with Crippen molar-refractivity contribution >= 4 is 6.21 Å². The lowest BCUT2D eigenvalue weighted by molar-refractivity contribution is -1.29. The average Bonchev–Trinajstić information content (AvgIpc) is 2.35. The molecule has 4 saturated heterocycles. The summed E-state index contributed by atoms with van der Waals surface area (Å²) in [6.45, 7) is 7.34. The van der Waals surface area contributed by atoms with Gasteiger partial charge in [-0.25, -0.2) is 14.7 Å². The van der Waals surface area contributed by atoms with Gasteiger partial charge in [0.05, 0.1) is 0 Å². The van der Waals surface area contributed by atoms with E-state index in [9.17, 15) is 5.11 Å². The smallest absolute Gasteiger partial charge is 0.213 e. The van der Waals surface area contributed by atoms with E-state index in [1.54, 1.807) is 26.8 Å². The summed E-state index contributed by atoms with van der Waals surface area (Å²) in [5, 5.41) is 9.50. The summed E-state index contributed by atoms with van der Waals surface area (Å²) < 4.78 is 0. The highest BCUT2D eigenvalue weighted by Crippen LogP contribution is 2.12. The summed E-state index contributed by atoms with van der Waals surface area (Å²) >= 11 is 0. The van der Waals surface area contributed by atoms with E-state index in [4.69, 9.17) is 4.99 Å². The second-order valence-electron chi connectivity index (χ2n) is 6.39. The van der Waals surface area contributed by atoms with Crippen molar-refractivity contribution in [1.29, 1.82) is 0 Å². The summed E-state index contributed by atoms with van der Waals surface area (Å²) in [4.78, 5) is 10.0. The van der Waals surface area contributed by atoms with Crippen LogP contribution >= 0.6 is 0 Å². The Balaban J connectivity index is 1.59. The Morgan fingerprint density at radius 1 is 1.05 bits per heavy atom. The lowest BCUT2D eigenvalue weighted by Crippen LogP contribution is -3.56. The second-order valence-corrected chi connectivity index (χ2v) is 6.39. The maximum atomic E-state index is 9.50. The second kappa shape index (κ2) is 4.03. The lowest BCUT2D eigenvalue weighted by Gasteiger charge is -2.50. The van der Waals surface area contributed by atoms with Gasteiger partial charge in [-0.1, -0.05) is 12.1 Å². The number of rotatable bonds is 2. The number of phenolic OH excluding ortho intramolecular Hbond substituents is 1. The topological polar surface area (TPSA) is 45.9 Å². The van der Waals surface area contributed by atoms with Gasteiger partial charge in [0.2, 0.25) is 25.5 Å². The van der Waals surface area contributed by atoms with Crippen LogP contribution in [-0.2, 0) is 0 Å². The molecule has 5 heteroatoms.